The van der Waals surface area contributed by atoms with E-state index in [9.17, 15) is 4.79 Å². The van der Waals surface area contributed by atoms with E-state index in [2.05, 4.69) is 32.7 Å². The highest BCUT2D eigenvalue weighted by Crippen LogP contribution is 2.24. The molecule has 1 aliphatic rings. The maximum Gasteiger partial charge on any atom is 0.254 e. The van der Waals surface area contributed by atoms with Gasteiger partial charge in [-0.1, -0.05) is 27.7 Å². The highest BCUT2D eigenvalue weighted by molar-refractivity contribution is 5.95. The quantitative estimate of drug-likeness (QED) is 0.863. The molecule has 0 saturated carbocycles. The molecule has 0 spiro atoms. The van der Waals surface area contributed by atoms with E-state index in [1.807, 2.05) is 11.0 Å². The minimum absolute atomic E-state index is 0.0868. The number of pyridine rings is 1. The fourth-order valence-corrected chi connectivity index (χ4v) is 2.71. The second kappa shape index (κ2) is 6.04. The van der Waals surface area contributed by atoms with Gasteiger partial charge in [0.15, 0.2) is 0 Å². The zero-order valence-corrected chi connectivity index (χ0v) is 13.6. The standard InChI is InChI=1S/C17H27N3O/c1-12-6-5-8-20(9-7-12)16(21)13-10-14(17(2,3)4)19-15(18)11-13/h10-12H,5-9H2,1-4H3,(H2,18,19). The zero-order valence-electron chi connectivity index (χ0n) is 13.6. The molecule has 1 unspecified atom stereocenters. The average molecular weight is 289 g/mol. The lowest BCUT2D eigenvalue weighted by molar-refractivity contribution is 0.0760. The zero-order chi connectivity index (χ0) is 15.6. The Labute approximate surface area is 127 Å². The van der Waals surface area contributed by atoms with Crippen LogP contribution in [0.5, 0.6) is 0 Å². The van der Waals surface area contributed by atoms with Crippen molar-refractivity contribution in [1.82, 2.24) is 9.88 Å². The largest absolute Gasteiger partial charge is 0.384 e. The molecule has 0 radical (unpaired) electrons. The molecule has 0 aliphatic carbocycles. The number of aromatic nitrogens is 1. The Balaban J connectivity index is 2.24. The van der Waals surface area contributed by atoms with Gasteiger partial charge in [-0.3, -0.25) is 4.79 Å². The van der Waals surface area contributed by atoms with Crippen LogP contribution in [-0.4, -0.2) is 28.9 Å². The van der Waals surface area contributed by atoms with Crippen LogP contribution in [0.2, 0.25) is 0 Å². The molecular weight excluding hydrogens is 262 g/mol. The predicted molar refractivity (Wildman–Crippen MR) is 86.3 cm³/mol. The molecule has 1 aromatic heterocycles. The lowest BCUT2D eigenvalue weighted by Crippen LogP contribution is -2.32. The minimum atomic E-state index is -0.113. The van der Waals surface area contributed by atoms with E-state index in [-0.39, 0.29) is 11.3 Å². The molecule has 4 nitrogen and oxygen atoms in total. The smallest absolute Gasteiger partial charge is 0.254 e. The second-order valence-electron chi connectivity index (χ2n) is 7.24. The summed E-state index contributed by atoms with van der Waals surface area (Å²) >= 11 is 0. The molecule has 1 atom stereocenters. The Hall–Kier alpha value is -1.58. The number of hydrogen-bond acceptors (Lipinski definition) is 3. The minimum Gasteiger partial charge on any atom is -0.384 e. The first kappa shape index (κ1) is 15.8. The molecule has 1 fully saturated rings. The van der Waals surface area contributed by atoms with E-state index >= 15 is 0 Å². The summed E-state index contributed by atoms with van der Waals surface area (Å²) in [6, 6.07) is 3.60. The van der Waals surface area contributed by atoms with Crippen molar-refractivity contribution in [3.8, 4) is 0 Å². The summed E-state index contributed by atoms with van der Waals surface area (Å²) in [4.78, 5) is 19.1. The summed E-state index contributed by atoms with van der Waals surface area (Å²) in [7, 11) is 0. The number of rotatable bonds is 1. The van der Waals surface area contributed by atoms with Gasteiger partial charge in [-0.05, 0) is 37.3 Å². The van der Waals surface area contributed by atoms with Crippen LogP contribution in [0.3, 0.4) is 0 Å². The second-order valence-corrected chi connectivity index (χ2v) is 7.24. The van der Waals surface area contributed by atoms with Gasteiger partial charge in [0.25, 0.3) is 5.91 Å². The molecule has 1 aliphatic heterocycles. The van der Waals surface area contributed by atoms with Crippen LogP contribution in [0.1, 0.15) is 63.0 Å². The van der Waals surface area contributed by atoms with Crippen LogP contribution in [0, 0.1) is 5.92 Å². The number of hydrogen-bond donors (Lipinski definition) is 1. The number of carbonyl (C=O) groups excluding carboxylic acids is 1. The molecule has 1 saturated heterocycles. The Morgan fingerprint density at radius 3 is 2.67 bits per heavy atom. The number of amides is 1. The van der Waals surface area contributed by atoms with E-state index in [1.165, 1.54) is 6.42 Å². The average Bonchev–Trinajstić information content (AvgIpc) is 2.61. The van der Waals surface area contributed by atoms with Gasteiger partial charge in [-0.15, -0.1) is 0 Å². The van der Waals surface area contributed by atoms with E-state index in [4.69, 9.17) is 5.73 Å². The summed E-state index contributed by atoms with van der Waals surface area (Å²) in [6.45, 7) is 10.2. The van der Waals surface area contributed by atoms with Gasteiger partial charge in [-0.2, -0.15) is 0 Å². The number of nitrogens with two attached hydrogens (primary N) is 1. The third-order valence-corrected chi connectivity index (χ3v) is 4.16. The van der Waals surface area contributed by atoms with E-state index < -0.39 is 0 Å². The molecule has 116 valence electrons. The van der Waals surface area contributed by atoms with Gasteiger partial charge in [0.2, 0.25) is 0 Å². The van der Waals surface area contributed by atoms with Crippen molar-refractivity contribution in [3.05, 3.63) is 23.4 Å². The lowest BCUT2D eigenvalue weighted by atomic mass is 9.90. The number of nitrogens with zero attached hydrogens (tertiary/aromatic N) is 2. The molecule has 0 aromatic carbocycles. The normalized spacial score (nSPS) is 20.2. The van der Waals surface area contributed by atoms with Crippen molar-refractivity contribution in [2.45, 2.75) is 52.4 Å². The van der Waals surface area contributed by atoms with Crippen molar-refractivity contribution in [3.63, 3.8) is 0 Å². The first-order valence-corrected chi connectivity index (χ1v) is 7.84. The van der Waals surface area contributed by atoms with Crippen LogP contribution in [0.25, 0.3) is 0 Å². The molecule has 21 heavy (non-hydrogen) atoms. The van der Waals surface area contributed by atoms with E-state index in [1.54, 1.807) is 6.07 Å². The van der Waals surface area contributed by atoms with Crippen LogP contribution >= 0.6 is 0 Å². The van der Waals surface area contributed by atoms with E-state index in [0.717, 1.165) is 31.6 Å². The summed E-state index contributed by atoms with van der Waals surface area (Å²) in [5, 5.41) is 0. The summed E-state index contributed by atoms with van der Waals surface area (Å²) in [5.74, 6) is 1.22. The van der Waals surface area contributed by atoms with Crippen molar-refractivity contribution < 1.29 is 4.79 Å². The maximum atomic E-state index is 12.7. The first-order chi connectivity index (χ1) is 9.77. The van der Waals surface area contributed by atoms with Crippen LogP contribution in [-0.2, 0) is 5.41 Å². The maximum absolute atomic E-state index is 12.7. The molecule has 2 N–H and O–H groups in total. The molecule has 1 aromatic rings. The van der Waals surface area contributed by atoms with Crippen molar-refractivity contribution in [2.75, 3.05) is 18.8 Å². The molecule has 1 amide bonds. The van der Waals surface area contributed by atoms with E-state index in [0.29, 0.717) is 17.3 Å². The van der Waals surface area contributed by atoms with Gasteiger partial charge in [0.1, 0.15) is 5.82 Å². The van der Waals surface area contributed by atoms with Crippen LogP contribution in [0.4, 0.5) is 5.82 Å². The highest BCUT2D eigenvalue weighted by atomic mass is 16.2. The Morgan fingerprint density at radius 2 is 2.00 bits per heavy atom. The number of nitrogen functional groups attached to an aromatic ring is 1. The van der Waals surface area contributed by atoms with Gasteiger partial charge >= 0.3 is 0 Å². The number of likely N-dealkylation sites (tertiary alicyclic amines) is 1. The fourth-order valence-electron chi connectivity index (χ4n) is 2.71. The van der Waals surface area contributed by atoms with Gasteiger partial charge < -0.3 is 10.6 Å². The van der Waals surface area contributed by atoms with Crippen LogP contribution in [0.15, 0.2) is 12.1 Å². The summed E-state index contributed by atoms with van der Waals surface area (Å²) in [6.07, 6.45) is 3.37. The third-order valence-electron chi connectivity index (χ3n) is 4.16. The summed E-state index contributed by atoms with van der Waals surface area (Å²) < 4.78 is 0. The molecule has 4 heteroatoms. The fraction of sp³-hybridized carbons (Fsp3) is 0.647. The number of carbonyl (C=O) groups is 1. The van der Waals surface area contributed by atoms with Gasteiger partial charge in [0, 0.05) is 29.8 Å². The molecule has 2 heterocycles. The first-order valence-electron chi connectivity index (χ1n) is 7.84. The number of anilines is 1. The monoisotopic (exact) mass is 289 g/mol. The Bertz CT molecular complexity index is 519. The summed E-state index contributed by atoms with van der Waals surface area (Å²) in [5.41, 5.74) is 7.32. The Morgan fingerprint density at radius 1 is 1.29 bits per heavy atom. The highest BCUT2D eigenvalue weighted by Gasteiger charge is 2.23. The molecular formula is C17H27N3O. The van der Waals surface area contributed by atoms with Gasteiger partial charge in [-0.25, -0.2) is 4.98 Å². The van der Waals surface area contributed by atoms with Gasteiger partial charge in [0.05, 0.1) is 0 Å². The van der Waals surface area contributed by atoms with Crippen molar-refractivity contribution in [2.24, 2.45) is 5.92 Å². The molecule has 0 bridgehead atoms. The molecule has 2 rings (SSSR count). The van der Waals surface area contributed by atoms with Crippen molar-refractivity contribution in [1.29, 1.82) is 0 Å². The SMILES string of the molecule is CC1CCCN(C(=O)c2cc(N)nc(C(C)(C)C)c2)CC1. The predicted octanol–water partition coefficient (Wildman–Crippen LogP) is 3.22. The Kier molecular flexibility index (Phi) is 4.55. The lowest BCUT2D eigenvalue weighted by Gasteiger charge is -2.23. The van der Waals surface area contributed by atoms with Crippen LogP contribution < -0.4 is 5.73 Å². The topological polar surface area (TPSA) is 59.2 Å². The third kappa shape index (κ3) is 3.96. The van der Waals surface area contributed by atoms with Crippen molar-refractivity contribution >= 4 is 11.7 Å².